The third-order valence-corrected chi connectivity index (χ3v) is 4.57. The van der Waals surface area contributed by atoms with E-state index in [0.29, 0.717) is 23.6 Å². The maximum absolute atomic E-state index is 12.9. The first-order valence-electron chi connectivity index (χ1n) is 8.87. The van der Waals surface area contributed by atoms with E-state index < -0.39 is 0 Å². The van der Waals surface area contributed by atoms with E-state index in [4.69, 9.17) is 4.42 Å². The minimum atomic E-state index is -0.328. The monoisotopic (exact) mass is 346 g/mol. The third-order valence-electron chi connectivity index (χ3n) is 4.57. The van der Waals surface area contributed by atoms with Crippen molar-refractivity contribution in [2.75, 3.05) is 0 Å². The van der Waals surface area contributed by atoms with Crippen molar-refractivity contribution in [3.05, 3.63) is 32.8 Å². The Hall–Kier alpha value is -2.31. The van der Waals surface area contributed by atoms with Gasteiger partial charge in [-0.2, -0.15) is 4.98 Å². The molecule has 0 aliphatic heterocycles. The van der Waals surface area contributed by atoms with Crippen LogP contribution in [0.3, 0.4) is 0 Å². The molecule has 0 aromatic carbocycles. The van der Waals surface area contributed by atoms with Crippen molar-refractivity contribution in [1.82, 2.24) is 18.5 Å². The Labute approximate surface area is 145 Å². The molecule has 0 aliphatic rings. The smallest absolute Gasteiger partial charge is 0.332 e. The summed E-state index contributed by atoms with van der Waals surface area (Å²) in [7, 11) is 1.64. The molecule has 7 nitrogen and oxygen atoms in total. The lowest BCUT2D eigenvalue weighted by atomic mass is 9.94. The van der Waals surface area contributed by atoms with Crippen molar-refractivity contribution in [3.63, 3.8) is 0 Å². The molecule has 0 unspecified atom stereocenters. The number of imidazole rings is 1. The number of nitrogens with zero attached hydrogens (tertiary/aromatic N) is 4. The number of hydrogen-bond acceptors (Lipinski definition) is 4. The summed E-state index contributed by atoms with van der Waals surface area (Å²) < 4.78 is 10.2. The summed E-state index contributed by atoms with van der Waals surface area (Å²) in [4.78, 5) is 29.9. The minimum absolute atomic E-state index is 0.188. The van der Waals surface area contributed by atoms with Gasteiger partial charge in [0, 0.05) is 19.0 Å². The first-order valence-corrected chi connectivity index (χ1v) is 8.87. The fraction of sp³-hybridized carbons (Fsp3) is 0.611. The maximum Gasteiger partial charge on any atom is 0.332 e. The predicted molar refractivity (Wildman–Crippen MR) is 97.3 cm³/mol. The summed E-state index contributed by atoms with van der Waals surface area (Å²) in [5.41, 5.74) is -0.0626. The van der Waals surface area contributed by atoms with Gasteiger partial charge in [-0.15, -0.1) is 0 Å². The quantitative estimate of drug-likeness (QED) is 0.666. The Morgan fingerprint density at radius 2 is 1.88 bits per heavy atom. The number of aromatic nitrogens is 4. The lowest BCUT2D eigenvalue weighted by Gasteiger charge is -2.13. The molecule has 3 heterocycles. The van der Waals surface area contributed by atoms with Crippen molar-refractivity contribution in [2.24, 2.45) is 7.05 Å². The highest BCUT2D eigenvalue weighted by molar-refractivity contribution is 5.74. The van der Waals surface area contributed by atoms with E-state index in [1.54, 1.807) is 17.6 Å². The summed E-state index contributed by atoms with van der Waals surface area (Å²) >= 11 is 0. The average Bonchev–Trinajstić information content (AvgIpc) is 3.09. The van der Waals surface area contributed by atoms with Gasteiger partial charge in [-0.05, 0) is 6.42 Å². The Bertz CT molecular complexity index is 1030. The summed E-state index contributed by atoms with van der Waals surface area (Å²) in [6.45, 7) is 8.67. The van der Waals surface area contributed by atoms with Crippen LogP contribution in [0.15, 0.2) is 20.2 Å². The fourth-order valence-electron chi connectivity index (χ4n) is 2.99. The minimum Gasteiger partial charge on any atom is -0.428 e. The van der Waals surface area contributed by atoms with Crippen LogP contribution in [-0.2, 0) is 19.0 Å². The lowest BCUT2D eigenvalue weighted by molar-refractivity contribution is 0.425. The van der Waals surface area contributed by atoms with Crippen LogP contribution in [0.2, 0.25) is 0 Å². The van der Waals surface area contributed by atoms with Crippen molar-refractivity contribution in [1.29, 1.82) is 0 Å². The topological polar surface area (TPSA) is 74.4 Å². The van der Waals surface area contributed by atoms with E-state index in [0.717, 1.165) is 31.4 Å². The second-order valence-electron chi connectivity index (χ2n) is 7.64. The van der Waals surface area contributed by atoms with Gasteiger partial charge in [-0.1, -0.05) is 47.0 Å². The van der Waals surface area contributed by atoms with Gasteiger partial charge in [0.2, 0.25) is 0 Å². The molecule has 25 heavy (non-hydrogen) atoms. The van der Waals surface area contributed by atoms with E-state index in [2.05, 4.69) is 11.9 Å². The molecule has 136 valence electrons. The SMILES string of the molecule is CCCCCCn1c(=O)c2c(nc3oc(C(C)(C)C)cn32)n(C)c1=O. The highest BCUT2D eigenvalue weighted by Gasteiger charge is 2.24. The molecular weight excluding hydrogens is 320 g/mol. The number of unbranched alkanes of at least 4 members (excludes halogenated alkanes) is 3. The second kappa shape index (κ2) is 6.20. The third kappa shape index (κ3) is 2.92. The lowest BCUT2D eigenvalue weighted by Crippen LogP contribution is -2.39. The molecule has 0 aliphatic carbocycles. The number of oxazole rings is 1. The van der Waals surface area contributed by atoms with Crippen LogP contribution in [0.1, 0.15) is 59.1 Å². The Morgan fingerprint density at radius 1 is 1.16 bits per heavy atom. The van der Waals surface area contributed by atoms with Gasteiger partial charge < -0.3 is 4.42 Å². The summed E-state index contributed by atoms with van der Waals surface area (Å²) in [6, 6.07) is 0. The van der Waals surface area contributed by atoms with E-state index in [-0.39, 0.29) is 16.7 Å². The molecule has 0 saturated carbocycles. The van der Waals surface area contributed by atoms with Gasteiger partial charge in [0.15, 0.2) is 11.2 Å². The molecule has 0 radical (unpaired) electrons. The first kappa shape index (κ1) is 17.5. The Morgan fingerprint density at radius 3 is 2.52 bits per heavy atom. The number of rotatable bonds is 5. The van der Waals surface area contributed by atoms with E-state index in [1.807, 2.05) is 20.8 Å². The van der Waals surface area contributed by atoms with E-state index in [9.17, 15) is 9.59 Å². The van der Waals surface area contributed by atoms with Crippen LogP contribution < -0.4 is 11.2 Å². The van der Waals surface area contributed by atoms with Gasteiger partial charge in [0.05, 0.1) is 6.20 Å². The molecular formula is C18H26N4O3. The average molecular weight is 346 g/mol. The normalized spacial score (nSPS) is 12.5. The fourth-order valence-corrected chi connectivity index (χ4v) is 2.99. The highest BCUT2D eigenvalue weighted by Crippen LogP contribution is 2.26. The summed E-state index contributed by atoms with van der Waals surface area (Å²) in [6.07, 6.45) is 5.84. The van der Waals surface area contributed by atoms with Crippen LogP contribution in [-0.4, -0.2) is 18.5 Å². The van der Waals surface area contributed by atoms with Crippen molar-refractivity contribution in [3.8, 4) is 0 Å². The molecule has 0 spiro atoms. The van der Waals surface area contributed by atoms with Crippen LogP contribution in [0.4, 0.5) is 0 Å². The molecule has 0 amide bonds. The van der Waals surface area contributed by atoms with E-state index in [1.165, 1.54) is 9.13 Å². The summed E-state index contributed by atoms with van der Waals surface area (Å²) in [5, 5.41) is 0. The summed E-state index contributed by atoms with van der Waals surface area (Å²) in [5.74, 6) is 1.09. The molecule has 0 saturated heterocycles. The molecule has 3 aromatic rings. The van der Waals surface area contributed by atoms with Crippen LogP contribution >= 0.6 is 0 Å². The molecule has 7 heteroatoms. The van der Waals surface area contributed by atoms with Crippen LogP contribution in [0.5, 0.6) is 0 Å². The maximum atomic E-state index is 12.9. The molecule has 0 fully saturated rings. The number of hydrogen-bond donors (Lipinski definition) is 0. The zero-order valence-electron chi connectivity index (χ0n) is 15.6. The second-order valence-corrected chi connectivity index (χ2v) is 7.64. The standard InChI is InChI=1S/C18H26N4O3/c1-6-7-8-9-10-21-15(23)13-14(20(5)17(21)24)19-16-22(13)11-12(25-16)18(2,3)4/h11H,6-10H2,1-5H3. The first-order chi connectivity index (χ1) is 11.8. The zero-order chi connectivity index (χ0) is 18.4. The zero-order valence-corrected chi connectivity index (χ0v) is 15.6. The Balaban J connectivity index is 2.18. The van der Waals surface area contributed by atoms with Gasteiger partial charge in [-0.3, -0.25) is 18.3 Å². The molecule has 3 rings (SSSR count). The number of aryl methyl sites for hydroxylation is 1. The Kier molecular flexibility index (Phi) is 4.34. The van der Waals surface area contributed by atoms with Crippen molar-refractivity contribution >= 4 is 17.0 Å². The molecule has 0 N–H and O–H groups in total. The van der Waals surface area contributed by atoms with E-state index >= 15 is 0 Å². The molecule has 0 bridgehead atoms. The van der Waals surface area contributed by atoms with Gasteiger partial charge in [0.1, 0.15) is 5.76 Å². The van der Waals surface area contributed by atoms with Crippen LogP contribution in [0, 0.1) is 0 Å². The molecule has 3 aromatic heterocycles. The highest BCUT2D eigenvalue weighted by atomic mass is 16.4. The molecule has 0 atom stereocenters. The van der Waals surface area contributed by atoms with Gasteiger partial charge in [0.25, 0.3) is 5.56 Å². The van der Waals surface area contributed by atoms with Gasteiger partial charge >= 0.3 is 11.5 Å². The predicted octanol–water partition coefficient (Wildman–Crippen LogP) is 2.82. The largest absolute Gasteiger partial charge is 0.428 e. The van der Waals surface area contributed by atoms with Crippen molar-refractivity contribution in [2.45, 2.75) is 65.3 Å². The number of fused-ring (bicyclic) bond motifs is 3. The van der Waals surface area contributed by atoms with Gasteiger partial charge in [-0.25, -0.2) is 4.79 Å². The van der Waals surface area contributed by atoms with Crippen molar-refractivity contribution < 1.29 is 4.42 Å². The van der Waals surface area contributed by atoms with Crippen LogP contribution in [0.25, 0.3) is 17.0 Å².